The fraction of sp³-hybridized carbons (Fsp3) is 0.400. The molecule has 1 fully saturated rings. The molecular formula is C20H23N3O2S. The van der Waals surface area contributed by atoms with Crippen molar-refractivity contribution in [1.29, 1.82) is 0 Å². The van der Waals surface area contributed by atoms with Crippen LogP contribution in [0.1, 0.15) is 43.1 Å². The summed E-state index contributed by atoms with van der Waals surface area (Å²) in [6.45, 7) is 1.68. The summed E-state index contributed by atoms with van der Waals surface area (Å²) in [6, 6.07) is 10.6. The van der Waals surface area contributed by atoms with Crippen LogP contribution >= 0.6 is 11.3 Å². The zero-order valence-electron chi connectivity index (χ0n) is 14.9. The summed E-state index contributed by atoms with van der Waals surface area (Å²) in [5.41, 5.74) is 2.06. The minimum Gasteiger partial charge on any atom is -0.497 e. The largest absolute Gasteiger partial charge is 0.497 e. The molecule has 0 spiro atoms. The fourth-order valence-corrected chi connectivity index (χ4v) is 4.47. The second-order valence-electron chi connectivity index (χ2n) is 6.76. The van der Waals surface area contributed by atoms with Crippen molar-refractivity contribution in [3.63, 3.8) is 0 Å². The lowest BCUT2D eigenvalue weighted by atomic mass is 10.0. The molecule has 0 amide bonds. The summed E-state index contributed by atoms with van der Waals surface area (Å²) >= 11 is 1.44. The molecule has 1 unspecified atom stereocenters. The van der Waals surface area contributed by atoms with Crippen LogP contribution in [0.15, 0.2) is 40.5 Å². The van der Waals surface area contributed by atoms with Crippen molar-refractivity contribution < 1.29 is 4.74 Å². The molecule has 26 heavy (non-hydrogen) atoms. The molecule has 0 bridgehead atoms. The van der Waals surface area contributed by atoms with E-state index in [1.165, 1.54) is 36.2 Å². The molecule has 1 N–H and O–H groups in total. The normalized spacial score (nSPS) is 18.7. The van der Waals surface area contributed by atoms with Gasteiger partial charge in [0.15, 0.2) is 0 Å². The van der Waals surface area contributed by atoms with E-state index in [0.29, 0.717) is 17.3 Å². The van der Waals surface area contributed by atoms with Crippen LogP contribution in [-0.2, 0) is 6.54 Å². The number of thiophene rings is 1. The second kappa shape index (κ2) is 7.60. The number of nitrogens with one attached hydrogen (secondary N) is 1. The average Bonchev–Trinajstić information content (AvgIpc) is 3.02. The van der Waals surface area contributed by atoms with E-state index in [-0.39, 0.29) is 5.56 Å². The van der Waals surface area contributed by atoms with Gasteiger partial charge >= 0.3 is 0 Å². The smallest absolute Gasteiger partial charge is 0.268 e. The average molecular weight is 369 g/mol. The Kier molecular flexibility index (Phi) is 5.04. The maximum atomic E-state index is 12.3. The van der Waals surface area contributed by atoms with Crippen LogP contribution in [0.3, 0.4) is 0 Å². The number of fused-ring (bicyclic) bond motifs is 1. The highest BCUT2D eigenvalue weighted by Crippen LogP contribution is 2.32. The zero-order valence-corrected chi connectivity index (χ0v) is 15.7. The van der Waals surface area contributed by atoms with Crippen molar-refractivity contribution in [3.05, 3.63) is 57.5 Å². The molecule has 4 rings (SSSR count). The SMILES string of the molecule is COc1ccc(C2CCCCCN2Cc2nc3ccsc3c(=O)[nH]2)cc1. The van der Waals surface area contributed by atoms with Crippen LogP contribution in [0.25, 0.3) is 10.2 Å². The molecule has 1 saturated heterocycles. The summed E-state index contributed by atoms with van der Waals surface area (Å²) < 4.78 is 5.99. The highest BCUT2D eigenvalue weighted by Gasteiger charge is 2.23. The van der Waals surface area contributed by atoms with Crippen molar-refractivity contribution in [2.75, 3.05) is 13.7 Å². The second-order valence-corrected chi connectivity index (χ2v) is 7.67. The molecule has 3 aromatic rings. The highest BCUT2D eigenvalue weighted by molar-refractivity contribution is 7.17. The van der Waals surface area contributed by atoms with Gasteiger partial charge in [-0.05, 0) is 48.5 Å². The Balaban J connectivity index is 1.62. The van der Waals surface area contributed by atoms with E-state index in [2.05, 4.69) is 27.0 Å². The van der Waals surface area contributed by atoms with E-state index in [4.69, 9.17) is 4.74 Å². The summed E-state index contributed by atoms with van der Waals surface area (Å²) in [6.07, 6.45) is 4.77. The Bertz CT molecular complexity index is 932. The number of H-pyrrole nitrogens is 1. The van der Waals surface area contributed by atoms with Gasteiger partial charge in [0.05, 0.1) is 19.2 Å². The van der Waals surface area contributed by atoms with Gasteiger partial charge in [-0.1, -0.05) is 25.0 Å². The van der Waals surface area contributed by atoms with Crippen LogP contribution in [0, 0.1) is 0 Å². The van der Waals surface area contributed by atoms with Crippen molar-refractivity contribution >= 4 is 21.6 Å². The van der Waals surface area contributed by atoms with Gasteiger partial charge in [0.2, 0.25) is 0 Å². The lowest BCUT2D eigenvalue weighted by molar-refractivity contribution is 0.187. The topological polar surface area (TPSA) is 58.2 Å². The maximum absolute atomic E-state index is 12.3. The molecule has 0 saturated carbocycles. The Morgan fingerprint density at radius 2 is 2.08 bits per heavy atom. The lowest BCUT2D eigenvalue weighted by Crippen LogP contribution is -2.30. The number of likely N-dealkylation sites (tertiary alicyclic amines) is 1. The molecule has 6 heteroatoms. The fourth-order valence-electron chi connectivity index (χ4n) is 3.75. The minimum atomic E-state index is -0.0316. The molecule has 1 aliphatic heterocycles. The Morgan fingerprint density at radius 1 is 1.23 bits per heavy atom. The van der Waals surface area contributed by atoms with E-state index >= 15 is 0 Å². The number of aromatic nitrogens is 2. The van der Waals surface area contributed by atoms with E-state index in [1.807, 2.05) is 23.6 Å². The molecule has 2 aromatic heterocycles. The monoisotopic (exact) mass is 369 g/mol. The number of rotatable bonds is 4. The number of aromatic amines is 1. The highest BCUT2D eigenvalue weighted by atomic mass is 32.1. The first-order chi connectivity index (χ1) is 12.7. The van der Waals surface area contributed by atoms with Gasteiger partial charge in [-0.15, -0.1) is 11.3 Å². The van der Waals surface area contributed by atoms with Crippen LogP contribution in [0.4, 0.5) is 0 Å². The molecule has 3 heterocycles. The van der Waals surface area contributed by atoms with E-state index in [9.17, 15) is 4.79 Å². The third kappa shape index (κ3) is 3.52. The van der Waals surface area contributed by atoms with E-state index in [0.717, 1.165) is 30.1 Å². The molecule has 1 aromatic carbocycles. The Morgan fingerprint density at radius 3 is 2.88 bits per heavy atom. The molecule has 5 nitrogen and oxygen atoms in total. The van der Waals surface area contributed by atoms with Gasteiger partial charge < -0.3 is 9.72 Å². The van der Waals surface area contributed by atoms with Gasteiger partial charge in [0.25, 0.3) is 5.56 Å². The minimum absolute atomic E-state index is 0.0316. The molecule has 0 radical (unpaired) electrons. The molecule has 136 valence electrons. The number of hydrogen-bond acceptors (Lipinski definition) is 5. The van der Waals surface area contributed by atoms with Crippen molar-refractivity contribution in [2.45, 2.75) is 38.3 Å². The first-order valence-electron chi connectivity index (χ1n) is 9.09. The number of nitrogens with zero attached hydrogens (tertiary/aromatic N) is 2. The van der Waals surface area contributed by atoms with E-state index in [1.54, 1.807) is 7.11 Å². The predicted octanol–water partition coefficient (Wildman–Crippen LogP) is 4.11. The van der Waals surface area contributed by atoms with E-state index < -0.39 is 0 Å². The Hall–Kier alpha value is -2.18. The number of methoxy groups -OCH3 is 1. The number of hydrogen-bond donors (Lipinski definition) is 1. The lowest BCUT2D eigenvalue weighted by Gasteiger charge is -2.30. The van der Waals surface area contributed by atoms with Gasteiger partial charge in [0.1, 0.15) is 16.3 Å². The predicted molar refractivity (Wildman–Crippen MR) is 105 cm³/mol. The molecule has 0 aliphatic carbocycles. The third-order valence-corrected chi connectivity index (χ3v) is 5.98. The van der Waals surface area contributed by atoms with Crippen molar-refractivity contribution in [2.24, 2.45) is 0 Å². The van der Waals surface area contributed by atoms with Crippen LogP contribution in [0.2, 0.25) is 0 Å². The quantitative estimate of drug-likeness (QED) is 0.752. The van der Waals surface area contributed by atoms with Gasteiger partial charge in [-0.3, -0.25) is 9.69 Å². The number of ether oxygens (including phenoxy) is 1. The summed E-state index contributed by atoms with van der Waals surface area (Å²) in [5, 5.41) is 1.92. The molecular weight excluding hydrogens is 346 g/mol. The van der Waals surface area contributed by atoms with Gasteiger partial charge in [-0.25, -0.2) is 4.98 Å². The van der Waals surface area contributed by atoms with Crippen molar-refractivity contribution in [1.82, 2.24) is 14.9 Å². The summed E-state index contributed by atoms with van der Waals surface area (Å²) in [5.74, 6) is 1.63. The molecule has 1 aliphatic rings. The third-order valence-electron chi connectivity index (χ3n) is 5.08. The van der Waals surface area contributed by atoms with Gasteiger partial charge in [0, 0.05) is 6.04 Å². The standard InChI is InChI=1S/C20H23N3O2S/c1-25-15-8-6-14(7-9-15)17-5-3-2-4-11-23(17)13-18-21-16-10-12-26-19(16)20(24)22-18/h6-10,12,17H,2-5,11,13H2,1H3,(H,21,22,24). The number of benzene rings is 1. The summed E-state index contributed by atoms with van der Waals surface area (Å²) in [7, 11) is 1.69. The van der Waals surface area contributed by atoms with Crippen LogP contribution < -0.4 is 10.3 Å². The van der Waals surface area contributed by atoms with Gasteiger partial charge in [-0.2, -0.15) is 0 Å². The Labute approximate surface area is 156 Å². The van der Waals surface area contributed by atoms with Crippen molar-refractivity contribution in [3.8, 4) is 5.75 Å². The molecule has 1 atom stereocenters. The summed E-state index contributed by atoms with van der Waals surface area (Å²) in [4.78, 5) is 22.4. The van der Waals surface area contributed by atoms with Crippen LogP contribution in [0.5, 0.6) is 5.75 Å². The van der Waals surface area contributed by atoms with Crippen LogP contribution in [-0.4, -0.2) is 28.5 Å². The zero-order chi connectivity index (χ0) is 17.9. The first kappa shape index (κ1) is 17.2. The maximum Gasteiger partial charge on any atom is 0.268 e. The first-order valence-corrected chi connectivity index (χ1v) is 9.97.